The van der Waals surface area contributed by atoms with Crippen molar-refractivity contribution >= 4 is 9.84 Å². The van der Waals surface area contributed by atoms with Crippen LogP contribution in [-0.4, -0.2) is 44.7 Å². The van der Waals surface area contributed by atoms with Crippen LogP contribution in [0.5, 0.6) is 0 Å². The number of nitrogens with zero attached hydrogens (tertiary/aromatic N) is 1. The first-order valence-electron chi connectivity index (χ1n) is 7.54. The molecule has 2 unspecified atom stereocenters. The Balaban J connectivity index is 2.11. The van der Waals surface area contributed by atoms with Crippen LogP contribution in [0.25, 0.3) is 0 Å². The first-order chi connectivity index (χ1) is 9.77. The first kappa shape index (κ1) is 16.5. The Morgan fingerprint density at radius 3 is 2.43 bits per heavy atom. The summed E-state index contributed by atoms with van der Waals surface area (Å²) in [6.07, 6.45) is 1.24. The lowest BCUT2D eigenvalue weighted by Crippen LogP contribution is -2.56. The maximum absolute atomic E-state index is 11.5. The molecule has 5 heteroatoms. The number of nitrogens with one attached hydrogen (secondary N) is 1. The van der Waals surface area contributed by atoms with Gasteiger partial charge in [-0.1, -0.05) is 26.0 Å². The minimum atomic E-state index is -3.11. The van der Waals surface area contributed by atoms with Gasteiger partial charge < -0.3 is 5.32 Å². The molecule has 1 aromatic carbocycles. The Hall–Kier alpha value is -0.910. The predicted octanol–water partition coefficient (Wildman–Crippen LogP) is 1.91. The lowest BCUT2D eigenvalue weighted by molar-refractivity contribution is 0.0956. The third-order valence-corrected chi connectivity index (χ3v) is 5.29. The molecular weight excluding hydrogens is 284 g/mol. The molecule has 0 radical (unpaired) electrons. The highest BCUT2D eigenvalue weighted by Gasteiger charge is 2.27. The van der Waals surface area contributed by atoms with Crippen molar-refractivity contribution in [2.45, 2.75) is 44.3 Å². The van der Waals surface area contributed by atoms with E-state index in [0.29, 0.717) is 22.9 Å². The van der Waals surface area contributed by atoms with E-state index >= 15 is 0 Å². The number of sulfone groups is 1. The van der Waals surface area contributed by atoms with Crippen LogP contribution >= 0.6 is 0 Å². The van der Waals surface area contributed by atoms with Crippen molar-refractivity contribution in [1.29, 1.82) is 0 Å². The zero-order valence-corrected chi connectivity index (χ0v) is 14.2. The summed E-state index contributed by atoms with van der Waals surface area (Å²) in [4.78, 5) is 2.89. The van der Waals surface area contributed by atoms with E-state index in [1.165, 1.54) is 11.8 Å². The van der Waals surface area contributed by atoms with Crippen LogP contribution in [0.3, 0.4) is 0 Å². The second-order valence-corrected chi connectivity index (χ2v) is 8.48. The molecule has 1 fully saturated rings. The van der Waals surface area contributed by atoms with E-state index in [1.807, 2.05) is 12.1 Å². The van der Waals surface area contributed by atoms with Gasteiger partial charge in [0.05, 0.1) is 4.90 Å². The van der Waals surface area contributed by atoms with Crippen LogP contribution in [0, 0.1) is 5.92 Å². The fraction of sp³-hybridized carbons (Fsp3) is 0.625. The number of hydrogen-bond acceptors (Lipinski definition) is 4. The largest absolute Gasteiger partial charge is 0.311 e. The molecule has 0 spiro atoms. The van der Waals surface area contributed by atoms with Crippen molar-refractivity contribution in [2.75, 3.05) is 19.3 Å². The smallest absolute Gasteiger partial charge is 0.175 e. The van der Waals surface area contributed by atoms with Gasteiger partial charge in [-0.2, -0.15) is 0 Å². The number of benzene rings is 1. The highest BCUT2D eigenvalue weighted by Crippen LogP contribution is 2.19. The van der Waals surface area contributed by atoms with Crippen molar-refractivity contribution in [3.63, 3.8) is 0 Å². The average molecular weight is 310 g/mol. The van der Waals surface area contributed by atoms with Gasteiger partial charge in [0.15, 0.2) is 9.84 Å². The summed E-state index contributed by atoms with van der Waals surface area (Å²) in [5.74, 6) is 0.597. The van der Waals surface area contributed by atoms with E-state index in [4.69, 9.17) is 0 Å². The monoisotopic (exact) mass is 310 g/mol. The quantitative estimate of drug-likeness (QED) is 0.923. The molecule has 0 aromatic heterocycles. The maximum Gasteiger partial charge on any atom is 0.175 e. The molecule has 118 valence electrons. The normalized spacial score (nSPS) is 24.4. The van der Waals surface area contributed by atoms with Gasteiger partial charge in [0, 0.05) is 38.0 Å². The Kier molecular flexibility index (Phi) is 5.07. The zero-order chi connectivity index (χ0) is 15.6. The molecule has 1 saturated heterocycles. The molecule has 4 nitrogen and oxygen atoms in total. The minimum absolute atomic E-state index is 0.389. The van der Waals surface area contributed by atoms with Crippen LogP contribution in [0.15, 0.2) is 29.2 Å². The van der Waals surface area contributed by atoms with E-state index in [-0.39, 0.29) is 0 Å². The SMILES string of the molecule is CC1CN(Cc2ccc(S(C)(=O)=O)cc2)C(C(C)C)CN1. The Morgan fingerprint density at radius 2 is 1.90 bits per heavy atom. The summed E-state index contributed by atoms with van der Waals surface area (Å²) in [5.41, 5.74) is 1.17. The van der Waals surface area contributed by atoms with Crippen molar-refractivity contribution in [3.05, 3.63) is 29.8 Å². The van der Waals surface area contributed by atoms with Crippen LogP contribution in [-0.2, 0) is 16.4 Å². The maximum atomic E-state index is 11.5. The predicted molar refractivity (Wildman–Crippen MR) is 86.1 cm³/mol. The van der Waals surface area contributed by atoms with E-state index in [0.717, 1.165) is 19.6 Å². The Bertz CT molecular complexity index is 566. The topological polar surface area (TPSA) is 49.4 Å². The van der Waals surface area contributed by atoms with Gasteiger partial charge in [-0.05, 0) is 30.5 Å². The second kappa shape index (κ2) is 6.46. The van der Waals surface area contributed by atoms with Crippen LogP contribution < -0.4 is 5.32 Å². The number of piperazine rings is 1. The van der Waals surface area contributed by atoms with Gasteiger partial charge in [-0.25, -0.2) is 8.42 Å². The van der Waals surface area contributed by atoms with Crippen LogP contribution in [0.2, 0.25) is 0 Å². The summed E-state index contributed by atoms with van der Waals surface area (Å²) >= 11 is 0. The second-order valence-electron chi connectivity index (χ2n) is 6.47. The third-order valence-electron chi connectivity index (χ3n) is 4.16. The first-order valence-corrected chi connectivity index (χ1v) is 9.43. The molecule has 0 saturated carbocycles. The lowest BCUT2D eigenvalue weighted by Gasteiger charge is -2.41. The summed E-state index contributed by atoms with van der Waals surface area (Å²) in [7, 11) is -3.11. The van der Waals surface area contributed by atoms with Gasteiger partial charge in [-0.15, -0.1) is 0 Å². The highest BCUT2D eigenvalue weighted by molar-refractivity contribution is 7.90. The Labute approximate surface area is 128 Å². The molecule has 1 N–H and O–H groups in total. The number of rotatable bonds is 4. The molecule has 21 heavy (non-hydrogen) atoms. The van der Waals surface area contributed by atoms with Gasteiger partial charge in [0.25, 0.3) is 0 Å². The summed E-state index contributed by atoms with van der Waals surface area (Å²) in [5, 5.41) is 3.54. The van der Waals surface area contributed by atoms with Crippen LogP contribution in [0.1, 0.15) is 26.3 Å². The summed E-state index contributed by atoms with van der Waals surface area (Å²) in [6.45, 7) is 9.62. The fourth-order valence-corrected chi connectivity index (χ4v) is 3.55. The van der Waals surface area contributed by atoms with E-state index in [2.05, 4.69) is 31.0 Å². The molecule has 0 bridgehead atoms. The van der Waals surface area contributed by atoms with Crippen molar-refractivity contribution < 1.29 is 8.42 Å². The molecule has 2 rings (SSSR count). The summed E-state index contributed by atoms with van der Waals surface area (Å²) < 4.78 is 23.0. The van der Waals surface area contributed by atoms with Crippen molar-refractivity contribution in [2.24, 2.45) is 5.92 Å². The molecule has 2 atom stereocenters. The molecule has 0 aliphatic carbocycles. The van der Waals surface area contributed by atoms with Gasteiger partial charge in [-0.3, -0.25) is 4.90 Å². The van der Waals surface area contributed by atoms with Gasteiger partial charge in [0.2, 0.25) is 0 Å². The molecular formula is C16H26N2O2S. The highest BCUT2D eigenvalue weighted by atomic mass is 32.2. The summed E-state index contributed by atoms with van der Waals surface area (Å²) in [6, 6.07) is 8.30. The fourth-order valence-electron chi connectivity index (χ4n) is 2.92. The van der Waals surface area contributed by atoms with E-state index in [1.54, 1.807) is 12.1 Å². The molecule has 1 aliphatic rings. The van der Waals surface area contributed by atoms with Gasteiger partial charge >= 0.3 is 0 Å². The standard InChI is InChI=1S/C16H26N2O2S/c1-12(2)16-9-17-13(3)10-18(16)11-14-5-7-15(8-6-14)21(4,19)20/h5-8,12-13,16-17H,9-11H2,1-4H3. The molecule has 1 aliphatic heterocycles. The zero-order valence-electron chi connectivity index (χ0n) is 13.3. The van der Waals surface area contributed by atoms with Gasteiger partial charge in [0.1, 0.15) is 0 Å². The van der Waals surface area contributed by atoms with Crippen molar-refractivity contribution in [3.8, 4) is 0 Å². The number of hydrogen-bond donors (Lipinski definition) is 1. The Morgan fingerprint density at radius 1 is 1.29 bits per heavy atom. The molecule has 1 heterocycles. The minimum Gasteiger partial charge on any atom is -0.311 e. The molecule has 0 amide bonds. The third kappa shape index (κ3) is 4.28. The van der Waals surface area contributed by atoms with Crippen molar-refractivity contribution in [1.82, 2.24) is 10.2 Å². The van der Waals surface area contributed by atoms with Crippen LogP contribution in [0.4, 0.5) is 0 Å². The molecule has 1 aromatic rings. The average Bonchev–Trinajstić information content (AvgIpc) is 2.38. The lowest BCUT2D eigenvalue weighted by atomic mass is 9.98. The van der Waals surface area contributed by atoms with E-state index in [9.17, 15) is 8.42 Å². The van der Waals surface area contributed by atoms with E-state index < -0.39 is 9.84 Å².